The molecule has 0 radical (unpaired) electrons. The highest BCUT2D eigenvalue weighted by molar-refractivity contribution is 9.10. The Bertz CT molecular complexity index is 817. The van der Waals surface area contributed by atoms with Gasteiger partial charge in [-0.3, -0.25) is 0 Å². The van der Waals surface area contributed by atoms with Crippen LogP contribution in [-0.4, -0.2) is 0 Å². The van der Waals surface area contributed by atoms with Crippen LogP contribution in [0.25, 0.3) is 10.8 Å². The topological polar surface area (TPSA) is 26.0 Å². The Morgan fingerprint density at radius 2 is 1.48 bits per heavy atom. The van der Waals surface area contributed by atoms with E-state index in [0.29, 0.717) is 5.02 Å². The molecular weight excluding hydrogens is 369 g/mol. The lowest BCUT2D eigenvalue weighted by Gasteiger charge is -2.17. The molecule has 0 fully saturated rings. The molecule has 106 valence electrons. The summed E-state index contributed by atoms with van der Waals surface area (Å²) >= 11 is 16.0. The highest BCUT2D eigenvalue weighted by atomic mass is 79.9. The van der Waals surface area contributed by atoms with Gasteiger partial charge in [-0.25, -0.2) is 0 Å². The zero-order valence-corrected chi connectivity index (χ0v) is 14.1. The Kier molecular flexibility index (Phi) is 4.23. The Labute approximate surface area is 141 Å². The summed E-state index contributed by atoms with van der Waals surface area (Å²) in [5, 5.41) is 3.43. The van der Waals surface area contributed by atoms with E-state index in [1.165, 1.54) is 0 Å². The standard InChI is InChI=1S/C17H12BrCl2N/c18-10-5-6-14(16(20)9-10)17(21)13-7-8-15(19)12-4-2-1-3-11(12)13/h1-9,17H,21H2. The summed E-state index contributed by atoms with van der Waals surface area (Å²) < 4.78 is 0.935. The molecule has 3 aromatic rings. The SMILES string of the molecule is NC(c1ccc(Br)cc1Cl)c1ccc(Cl)c2ccccc12. The predicted molar refractivity (Wildman–Crippen MR) is 94.1 cm³/mol. The van der Waals surface area contributed by atoms with E-state index in [2.05, 4.69) is 15.9 Å². The third-order valence-corrected chi connectivity index (χ3v) is 4.69. The molecule has 0 saturated heterocycles. The van der Waals surface area contributed by atoms with E-state index in [4.69, 9.17) is 28.9 Å². The van der Waals surface area contributed by atoms with Gasteiger partial charge in [0.2, 0.25) is 0 Å². The van der Waals surface area contributed by atoms with Crippen LogP contribution in [0.5, 0.6) is 0 Å². The van der Waals surface area contributed by atoms with Gasteiger partial charge in [0.15, 0.2) is 0 Å². The van der Waals surface area contributed by atoms with E-state index < -0.39 is 0 Å². The number of fused-ring (bicyclic) bond motifs is 1. The molecule has 0 aliphatic heterocycles. The fourth-order valence-corrected chi connectivity index (χ4v) is 3.50. The maximum absolute atomic E-state index is 6.44. The van der Waals surface area contributed by atoms with E-state index in [1.54, 1.807) is 0 Å². The van der Waals surface area contributed by atoms with Gasteiger partial charge in [-0.05, 0) is 34.7 Å². The van der Waals surface area contributed by atoms with Crippen LogP contribution in [0.1, 0.15) is 17.2 Å². The molecule has 0 aliphatic carbocycles. The molecular formula is C17H12BrCl2N. The second-order valence-electron chi connectivity index (χ2n) is 4.83. The minimum Gasteiger partial charge on any atom is -0.320 e. The zero-order valence-electron chi connectivity index (χ0n) is 11.0. The lowest BCUT2D eigenvalue weighted by atomic mass is 9.94. The van der Waals surface area contributed by atoms with Crippen molar-refractivity contribution < 1.29 is 0 Å². The third-order valence-electron chi connectivity index (χ3n) is 3.54. The highest BCUT2D eigenvalue weighted by Crippen LogP contribution is 2.34. The van der Waals surface area contributed by atoms with Gasteiger partial charge in [0, 0.05) is 19.9 Å². The fourth-order valence-electron chi connectivity index (χ4n) is 2.48. The average molecular weight is 381 g/mol. The summed E-state index contributed by atoms with van der Waals surface area (Å²) in [5.41, 5.74) is 8.35. The Morgan fingerprint density at radius 3 is 2.19 bits per heavy atom. The molecule has 2 N–H and O–H groups in total. The van der Waals surface area contributed by atoms with Crippen molar-refractivity contribution in [3.63, 3.8) is 0 Å². The van der Waals surface area contributed by atoms with Gasteiger partial charge in [-0.1, -0.05) is 75.5 Å². The molecule has 0 aliphatic rings. The molecule has 0 aromatic heterocycles. The minimum atomic E-state index is -0.298. The lowest BCUT2D eigenvalue weighted by Crippen LogP contribution is -2.13. The first-order valence-corrected chi connectivity index (χ1v) is 8.00. The zero-order chi connectivity index (χ0) is 15.0. The van der Waals surface area contributed by atoms with Gasteiger partial charge in [-0.2, -0.15) is 0 Å². The quantitative estimate of drug-likeness (QED) is 0.583. The van der Waals surface area contributed by atoms with Gasteiger partial charge < -0.3 is 5.73 Å². The number of benzene rings is 3. The smallest absolute Gasteiger partial charge is 0.0572 e. The first kappa shape index (κ1) is 14.9. The van der Waals surface area contributed by atoms with Crippen LogP contribution < -0.4 is 5.73 Å². The van der Waals surface area contributed by atoms with E-state index in [0.717, 1.165) is 31.4 Å². The van der Waals surface area contributed by atoms with Crippen molar-refractivity contribution in [3.05, 3.63) is 80.2 Å². The molecule has 0 saturated carbocycles. The molecule has 0 spiro atoms. The maximum atomic E-state index is 6.44. The monoisotopic (exact) mass is 379 g/mol. The first-order valence-electron chi connectivity index (χ1n) is 6.45. The largest absolute Gasteiger partial charge is 0.320 e. The summed E-state index contributed by atoms with van der Waals surface area (Å²) in [6.07, 6.45) is 0. The highest BCUT2D eigenvalue weighted by Gasteiger charge is 2.16. The van der Waals surface area contributed by atoms with Crippen molar-refractivity contribution in [1.29, 1.82) is 0 Å². The number of halogens is 3. The second-order valence-corrected chi connectivity index (χ2v) is 6.56. The Balaban J connectivity index is 2.18. The van der Waals surface area contributed by atoms with Gasteiger partial charge in [0.1, 0.15) is 0 Å². The summed E-state index contributed by atoms with van der Waals surface area (Å²) in [6.45, 7) is 0. The first-order chi connectivity index (χ1) is 10.1. The van der Waals surface area contributed by atoms with E-state index >= 15 is 0 Å². The van der Waals surface area contributed by atoms with Gasteiger partial charge >= 0.3 is 0 Å². The summed E-state index contributed by atoms with van der Waals surface area (Å²) in [6, 6.07) is 17.3. The predicted octanol–water partition coefficient (Wildman–Crippen LogP) is 5.96. The number of hydrogen-bond acceptors (Lipinski definition) is 1. The van der Waals surface area contributed by atoms with E-state index in [1.807, 2.05) is 54.6 Å². The minimum absolute atomic E-state index is 0.298. The molecule has 3 aromatic carbocycles. The molecule has 21 heavy (non-hydrogen) atoms. The van der Waals surface area contributed by atoms with Crippen molar-refractivity contribution >= 4 is 49.9 Å². The maximum Gasteiger partial charge on any atom is 0.0572 e. The van der Waals surface area contributed by atoms with Crippen molar-refractivity contribution in [2.45, 2.75) is 6.04 Å². The normalized spacial score (nSPS) is 12.6. The van der Waals surface area contributed by atoms with Gasteiger partial charge in [0.05, 0.1) is 6.04 Å². The molecule has 1 unspecified atom stereocenters. The van der Waals surface area contributed by atoms with Crippen LogP contribution in [0.2, 0.25) is 10.0 Å². The molecule has 3 rings (SSSR count). The fraction of sp³-hybridized carbons (Fsp3) is 0.0588. The van der Waals surface area contributed by atoms with Crippen molar-refractivity contribution in [1.82, 2.24) is 0 Å². The van der Waals surface area contributed by atoms with Gasteiger partial charge in [0.25, 0.3) is 0 Å². The van der Waals surface area contributed by atoms with Crippen molar-refractivity contribution in [2.24, 2.45) is 5.73 Å². The van der Waals surface area contributed by atoms with E-state index in [9.17, 15) is 0 Å². The summed E-state index contributed by atoms with van der Waals surface area (Å²) in [7, 11) is 0. The van der Waals surface area contributed by atoms with Crippen LogP contribution in [-0.2, 0) is 0 Å². The van der Waals surface area contributed by atoms with Crippen LogP contribution in [0, 0.1) is 0 Å². The van der Waals surface area contributed by atoms with Gasteiger partial charge in [-0.15, -0.1) is 0 Å². The molecule has 0 heterocycles. The molecule has 0 amide bonds. The van der Waals surface area contributed by atoms with Crippen molar-refractivity contribution in [3.8, 4) is 0 Å². The summed E-state index contributed by atoms with van der Waals surface area (Å²) in [4.78, 5) is 0. The van der Waals surface area contributed by atoms with E-state index in [-0.39, 0.29) is 6.04 Å². The second kappa shape index (κ2) is 5.98. The average Bonchev–Trinajstić information content (AvgIpc) is 2.47. The lowest BCUT2D eigenvalue weighted by molar-refractivity contribution is 0.880. The molecule has 1 nitrogen and oxygen atoms in total. The van der Waals surface area contributed by atoms with Crippen LogP contribution in [0.4, 0.5) is 0 Å². The number of hydrogen-bond donors (Lipinski definition) is 1. The van der Waals surface area contributed by atoms with Crippen LogP contribution >= 0.6 is 39.1 Å². The number of nitrogens with two attached hydrogens (primary N) is 1. The van der Waals surface area contributed by atoms with Crippen molar-refractivity contribution in [2.75, 3.05) is 0 Å². The molecule has 0 bridgehead atoms. The number of rotatable bonds is 2. The molecule has 1 atom stereocenters. The summed E-state index contributed by atoms with van der Waals surface area (Å²) in [5.74, 6) is 0. The Morgan fingerprint density at radius 1 is 0.810 bits per heavy atom. The third kappa shape index (κ3) is 2.82. The van der Waals surface area contributed by atoms with Crippen LogP contribution in [0.15, 0.2) is 59.1 Å². The Hall–Kier alpha value is -1.06. The van der Waals surface area contributed by atoms with Crippen LogP contribution in [0.3, 0.4) is 0 Å². The molecule has 4 heteroatoms.